The number of carbonyl (C=O) groups is 2. The molecule has 2 aliphatic rings. The molecule has 170 valence electrons. The van der Waals surface area contributed by atoms with Crippen LogP contribution in [0.5, 0.6) is 0 Å². The summed E-state index contributed by atoms with van der Waals surface area (Å²) in [7, 11) is 0. The van der Waals surface area contributed by atoms with Gasteiger partial charge in [0, 0.05) is 40.8 Å². The molecule has 0 radical (unpaired) electrons. The number of amides is 2. The molecule has 9 heteroatoms. The number of anilines is 1. The van der Waals surface area contributed by atoms with E-state index in [1.54, 1.807) is 29.6 Å². The number of urea groups is 1. The van der Waals surface area contributed by atoms with Crippen LogP contribution in [-0.4, -0.2) is 22.9 Å². The summed E-state index contributed by atoms with van der Waals surface area (Å²) in [4.78, 5) is 27.7. The Labute approximate surface area is 201 Å². The standard InChI is InChI=1S/C23H26N4O2S2.ClH/c1-14(28)20-16-6-2-3-7-18(16)30-21(20)26-23(29)25-12-17-15-8-9-24-13-19(15)31-22(17)27-10-4-5-11-27;/h4-5,10-11,24H,2-3,6-9,12-13H2,1H3,(H2,25,26,29);1H. The van der Waals surface area contributed by atoms with Gasteiger partial charge >= 0.3 is 6.03 Å². The lowest BCUT2D eigenvalue weighted by Gasteiger charge is -2.15. The molecular weight excluding hydrogens is 464 g/mol. The van der Waals surface area contributed by atoms with Crippen molar-refractivity contribution < 1.29 is 9.59 Å². The molecule has 0 aromatic carbocycles. The summed E-state index contributed by atoms with van der Waals surface area (Å²) in [6.45, 7) is 3.89. The molecule has 3 aromatic heterocycles. The van der Waals surface area contributed by atoms with Crippen LogP contribution in [0.2, 0.25) is 0 Å². The summed E-state index contributed by atoms with van der Waals surface area (Å²) in [5.74, 6) is 0.0315. The molecule has 2 amide bonds. The summed E-state index contributed by atoms with van der Waals surface area (Å²) in [5, 5.41) is 11.3. The van der Waals surface area contributed by atoms with Gasteiger partial charge in [0.2, 0.25) is 0 Å². The third-order valence-corrected chi connectivity index (χ3v) is 8.53. The molecule has 0 bridgehead atoms. The third-order valence-electron chi connectivity index (χ3n) is 6.03. The van der Waals surface area contributed by atoms with Gasteiger partial charge < -0.3 is 15.2 Å². The number of Topliss-reactive ketones (excluding diaryl/α,β-unsaturated/α-hetero) is 1. The topological polar surface area (TPSA) is 75.2 Å². The van der Waals surface area contributed by atoms with Gasteiger partial charge in [-0.25, -0.2) is 4.79 Å². The second-order valence-corrected chi connectivity index (χ2v) is 10.3. The van der Waals surface area contributed by atoms with Gasteiger partial charge in [0.1, 0.15) is 10.0 Å². The predicted octanol–water partition coefficient (Wildman–Crippen LogP) is 5.07. The highest BCUT2D eigenvalue weighted by Gasteiger charge is 2.25. The maximum absolute atomic E-state index is 12.8. The maximum atomic E-state index is 12.8. The third kappa shape index (κ3) is 4.37. The zero-order chi connectivity index (χ0) is 21.4. The fourth-order valence-corrected chi connectivity index (χ4v) is 7.22. The van der Waals surface area contributed by atoms with Crippen molar-refractivity contribution in [3.8, 4) is 5.00 Å². The van der Waals surface area contributed by atoms with Crippen molar-refractivity contribution in [2.45, 2.75) is 52.1 Å². The highest BCUT2D eigenvalue weighted by Crippen LogP contribution is 2.38. The van der Waals surface area contributed by atoms with Crippen LogP contribution in [0.1, 0.15) is 56.6 Å². The first-order valence-electron chi connectivity index (χ1n) is 10.8. The highest BCUT2D eigenvalue weighted by atomic mass is 35.5. The zero-order valence-electron chi connectivity index (χ0n) is 18.0. The molecule has 1 aliphatic carbocycles. The second kappa shape index (κ2) is 9.79. The van der Waals surface area contributed by atoms with Gasteiger partial charge in [-0.15, -0.1) is 35.1 Å². The number of nitrogens with zero attached hydrogens (tertiary/aromatic N) is 1. The van der Waals surface area contributed by atoms with E-state index in [-0.39, 0.29) is 24.2 Å². The highest BCUT2D eigenvalue weighted by molar-refractivity contribution is 7.17. The van der Waals surface area contributed by atoms with E-state index in [0.717, 1.165) is 55.8 Å². The fourth-order valence-electron chi connectivity index (χ4n) is 4.59. The number of rotatable bonds is 5. The molecule has 5 rings (SSSR count). The van der Waals surface area contributed by atoms with Gasteiger partial charge in [-0.3, -0.25) is 10.1 Å². The Morgan fingerprint density at radius 2 is 1.84 bits per heavy atom. The van der Waals surface area contributed by atoms with Crippen molar-refractivity contribution >= 4 is 51.9 Å². The van der Waals surface area contributed by atoms with Gasteiger partial charge in [-0.1, -0.05) is 0 Å². The van der Waals surface area contributed by atoms with E-state index < -0.39 is 0 Å². The molecule has 32 heavy (non-hydrogen) atoms. The molecule has 3 N–H and O–H groups in total. The number of aromatic nitrogens is 1. The number of hydrogen-bond acceptors (Lipinski definition) is 5. The Bertz CT molecular complexity index is 1130. The molecule has 3 aromatic rings. The molecule has 1 aliphatic heterocycles. The van der Waals surface area contributed by atoms with Crippen molar-refractivity contribution in [2.75, 3.05) is 11.9 Å². The number of halogens is 1. The number of nitrogens with one attached hydrogen (secondary N) is 3. The average molecular weight is 491 g/mol. The molecule has 0 fully saturated rings. The van der Waals surface area contributed by atoms with E-state index in [1.165, 1.54) is 20.9 Å². The minimum atomic E-state index is -0.256. The minimum Gasteiger partial charge on any atom is -0.334 e. The van der Waals surface area contributed by atoms with Crippen LogP contribution >= 0.6 is 35.1 Å². The number of aryl methyl sites for hydroxylation is 1. The van der Waals surface area contributed by atoms with Crippen LogP contribution in [0, 0.1) is 0 Å². The van der Waals surface area contributed by atoms with Gasteiger partial charge in [-0.05, 0) is 68.8 Å². The van der Waals surface area contributed by atoms with Crippen LogP contribution < -0.4 is 16.0 Å². The summed E-state index contributed by atoms with van der Waals surface area (Å²) in [6.07, 6.45) is 9.25. The quantitative estimate of drug-likeness (QED) is 0.437. The van der Waals surface area contributed by atoms with E-state index in [4.69, 9.17) is 0 Å². The number of thiophene rings is 2. The average Bonchev–Trinajstić information content (AvgIpc) is 3.48. The molecule has 4 heterocycles. The SMILES string of the molecule is CC(=O)c1c(NC(=O)NCc2c(-n3cccc3)sc3c2CCNC3)sc2c1CCCC2.Cl. The van der Waals surface area contributed by atoms with Crippen LogP contribution in [0.25, 0.3) is 5.00 Å². The van der Waals surface area contributed by atoms with Gasteiger partial charge in [0.05, 0.1) is 5.56 Å². The fraction of sp³-hybridized carbons (Fsp3) is 0.391. The summed E-state index contributed by atoms with van der Waals surface area (Å²) < 4.78 is 2.12. The summed E-state index contributed by atoms with van der Waals surface area (Å²) in [5.41, 5.74) is 4.39. The van der Waals surface area contributed by atoms with E-state index in [1.807, 2.05) is 24.5 Å². The summed E-state index contributed by atoms with van der Waals surface area (Å²) >= 11 is 3.35. The Morgan fingerprint density at radius 3 is 2.62 bits per heavy atom. The molecule has 0 saturated heterocycles. The Morgan fingerprint density at radius 1 is 1.06 bits per heavy atom. The zero-order valence-corrected chi connectivity index (χ0v) is 20.4. The minimum absolute atomic E-state index is 0. The lowest BCUT2D eigenvalue weighted by molar-refractivity contribution is 0.101. The predicted molar refractivity (Wildman–Crippen MR) is 133 cm³/mol. The second-order valence-electron chi connectivity index (χ2n) is 8.08. The number of ketones is 1. The van der Waals surface area contributed by atoms with Crippen LogP contribution in [-0.2, 0) is 32.4 Å². The van der Waals surface area contributed by atoms with Gasteiger partial charge in [-0.2, -0.15) is 0 Å². The van der Waals surface area contributed by atoms with Crippen LogP contribution in [0.3, 0.4) is 0 Å². The maximum Gasteiger partial charge on any atom is 0.320 e. The number of hydrogen-bond donors (Lipinski definition) is 3. The molecule has 6 nitrogen and oxygen atoms in total. The van der Waals surface area contributed by atoms with Crippen molar-refractivity contribution in [1.29, 1.82) is 0 Å². The molecule has 0 atom stereocenters. The monoisotopic (exact) mass is 490 g/mol. The summed E-state index contributed by atoms with van der Waals surface area (Å²) in [6, 6.07) is 3.78. The molecule has 0 spiro atoms. The smallest absolute Gasteiger partial charge is 0.320 e. The molecule has 0 saturated carbocycles. The lowest BCUT2D eigenvalue weighted by Crippen LogP contribution is -2.30. The van der Waals surface area contributed by atoms with E-state index in [9.17, 15) is 9.59 Å². The van der Waals surface area contributed by atoms with Crippen molar-refractivity contribution in [1.82, 2.24) is 15.2 Å². The van der Waals surface area contributed by atoms with E-state index >= 15 is 0 Å². The van der Waals surface area contributed by atoms with Gasteiger partial charge in [0.25, 0.3) is 0 Å². The number of fused-ring (bicyclic) bond motifs is 2. The Balaban J connectivity index is 0.00000245. The number of carbonyl (C=O) groups excluding carboxylic acids is 2. The molecule has 0 unspecified atom stereocenters. The first kappa shape index (κ1) is 23.0. The lowest BCUT2D eigenvalue weighted by atomic mass is 9.94. The largest absolute Gasteiger partial charge is 0.334 e. The van der Waals surface area contributed by atoms with Crippen molar-refractivity contribution in [3.05, 3.63) is 56.5 Å². The first-order valence-corrected chi connectivity index (χ1v) is 12.4. The Kier molecular flexibility index (Phi) is 7.05. The van der Waals surface area contributed by atoms with Crippen molar-refractivity contribution in [2.24, 2.45) is 0 Å². The van der Waals surface area contributed by atoms with E-state index in [0.29, 0.717) is 17.1 Å². The van der Waals surface area contributed by atoms with Crippen LogP contribution in [0.4, 0.5) is 9.80 Å². The first-order chi connectivity index (χ1) is 15.1. The van der Waals surface area contributed by atoms with Gasteiger partial charge in [0.15, 0.2) is 5.78 Å². The molecular formula is C23H27ClN4O2S2. The van der Waals surface area contributed by atoms with Crippen molar-refractivity contribution in [3.63, 3.8) is 0 Å². The normalized spacial score (nSPS) is 14.8. The van der Waals surface area contributed by atoms with E-state index in [2.05, 4.69) is 20.5 Å². The Hall–Kier alpha value is -2.13. The van der Waals surface area contributed by atoms with Crippen LogP contribution in [0.15, 0.2) is 24.5 Å².